The molecule has 31 heavy (non-hydrogen) atoms. The molecule has 5 nitrogen and oxygen atoms in total. The fourth-order valence-corrected chi connectivity index (χ4v) is 4.09. The van der Waals surface area contributed by atoms with E-state index in [0.717, 1.165) is 36.1 Å². The predicted octanol–water partition coefficient (Wildman–Crippen LogP) is 4.24. The number of aryl methyl sites for hydroxylation is 3. The van der Waals surface area contributed by atoms with Gasteiger partial charge in [-0.25, -0.2) is 0 Å². The maximum atomic E-state index is 13.1. The summed E-state index contributed by atoms with van der Waals surface area (Å²) in [5, 5.41) is 11.2. The van der Waals surface area contributed by atoms with Crippen LogP contribution in [0.15, 0.2) is 48.0 Å². The highest BCUT2D eigenvalue weighted by molar-refractivity contribution is 6.46. The Bertz CT molecular complexity index is 1010. The molecule has 1 aliphatic heterocycles. The van der Waals surface area contributed by atoms with Crippen molar-refractivity contribution in [3.8, 4) is 0 Å². The van der Waals surface area contributed by atoms with Crippen molar-refractivity contribution in [3.63, 3.8) is 0 Å². The van der Waals surface area contributed by atoms with E-state index in [1.54, 1.807) is 4.90 Å². The quantitative estimate of drug-likeness (QED) is 0.413. The number of amides is 1. The van der Waals surface area contributed by atoms with Gasteiger partial charge in [0, 0.05) is 12.1 Å². The van der Waals surface area contributed by atoms with Crippen LogP contribution in [0.3, 0.4) is 0 Å². The number of hydrogen-bond donors (Lipinski definition) is 1. The maximum Gasteiger partial charge on any atom is 0.295 e. The summed E-state index contributed by atoms with van der Waals surface area (Å²) in [4.78, 5) is 29.8. The van der Waals surface area contributed by atoms with E-state index in [1.165, 1.54) is 5.56 Å². The fraction of sp³-hybridized carbons (Fsp3) is 0.385. The number of nitrogens with zero attached hydrogens (tertiary/aromatic N) is 2. The molecule has 2 aromatic carbocycles. The molecule has 1 unspecified atom stereocenters. The molecule has 1 heterocycles. The van der Waals surface area contributed by atoms with Gasteiger partial charge >= 0.3 is 0 Å². The predicted molar refractivity (Wildman–Crippen MR) is 124 cm³/mol. The van der Waals surface area contributed by atoms with Crippen LogP contribution in [-0.4, -0.2) is 53.8 Å². The Hall–Kier alpha value is -2.92. The van der Waals surface area contributed by atoms with E-state index in [1.807, 2.05) is 70.4 Å². The van der Waals surface area contributed by atoms with Crippen LogP contribution in [0, 0.1) is 13.8 Å². The van der Waals surface area contributed by atoms with Gasteiger partial charge in [-0.1, -0.05) is 48.9 Å². The summed E-state index contributed by atoms with van der Waals surface area (Å²) in [6, 6.07) is 13.1. The van der Waals surface area contributed by atoms with Crippen molar-refractivity contribution in [1.29, 1.82) is 0 Å². The highest BCUT2D eigenvalue weighted by Gasteiger charge is 2.45. The molecule has 1 fully saturated rings. The van der Waals surface area contributed by atoms with Gasteiger partial charge in [-0.3, -0.25) is 9.59 Å². The summed E-state index contributed by atoms with van der Waals surface area (Å²) in [6.07, 6.45) is 1.65. The molecule has 0 saturated carbocycles. The third-order valence-corrected chi connectivity index (χ3v) is 5.90. The average molecular weight is 421 g/mol. The first kappa shape index (κ1) is 22.8. The van der Waals surface area contributed by atoms with Crippen LogP contribution in [0.1, 0.15) is 47.2 Å². The lowest BCUT2D eigenvalue weighted by Gasteiger charge is -2.26. The molecule has 5 heteroatoms. The number of likely N-dealkylation sites (tertiary alicyclic amines) is 1. The Morgan fingerprint density at radius 3 is 2.35 bits per heavy atom. The fourth-order valence-electron chi connectivity index (χ4n) is 4.09. The molecule has 2 aromatic rings. The molecule has 0 spiro atoms. The van der Waals surface area contributed by atoms with Crippen LogP contribution in [0.25, 0.3) is 5.76 Å². The summed E-state index contributed by atoms with van der Waals surface area (Å²) in [5.41, 5.74) is 4.64. The average Bonchev–Trinajstić information content (AvgIpc) is 2.99. The van der Waals surface area contributed by atoms with Crippen LogP contribution in [0.5, 0.6) is 0 Å². The van der Waals surface area contributed by atoms with E-state index in [4.69, 9.17) is 0 Å². The molecule has 0 bridgehead atoms. The topological polar surface area (TPSA) is 60.9 Å². The van der Waals surface area contributed by atoms with Gasteiger partial charge in [0.25, 0.3) is 11.7 Å². The molecular formula is C26H32N2O3. The van der Waals surface area contributed by atoms with E-state index < -0.39 is 17.7 Å². The van der Waals surface area contributed by atoms with Crippen LogP contribution in [0.2, 0.25) is 0 Å². The third kappa shape index (κ3) is 4.72. The minimum Gasteiger partial charge on any atom is -0.507 e. The van der Waals surface area contributed by atoms with Gasteiger partial charge in [0.15, 0.2) is 0 Å². The van der Waals surface area contributed by atoms with Crippen molar-refractivity contribution in [2.75, 3.05) is 27.2 Å². The number of aliphatic hydroxyl groups is 1. The summed E-state index contributed by atoms with van der Waals surface area (Å²) >= 11 is 0. The summed E-state index contributed by atoms with van der Waals surface area (Å²) in [5.74, 6) is -1.26. The Morgan fingerprint density at radius 2 is 1.74 bits per heavy atom. The lowest BCUT2D eigenvalue weighted by atomic mass is 9.92. The maximum absolute atomic E-state index is 13.1. The Labute approximate surface area is 185 Å². The minimum absolute atomic E-state index is 0.0979. The van der Waals surface area contributed by atoms with Crippen LogP contribution >= 0.6 is 0 Å². The van der Waals surface area contributed by atoms with Crippen molar-refractivity contribution < 1.29 is 14.7 Å². The SMILES string of the molecule is CCc1ccc(C2/C(=C(\O)c3cc(C)ccc3C)C(=O)C(=O)N2CCCN(C)C)cc1. The van der Waals surface area contributed by atoms with Gasteiger partial charge in [0.2, 0.25) is 0 Å². The number of hydrogen-bond acceptors (Lipinski definition) is 4. The molecule has 1 N–H and O–H groups in total. The first-order valence-corrected chi connectivity index (χ1v) is 10.8. The van der Waals surface area contributed by atoms with E-state index in [0.29, 0.717) is 12.1 Å². The summed E-state index contributed by atoms with van der Waals surface area (Å²) in [6.45, 7) is 7.18. The number of carbonyl (C=O) groups is 2. The van der Waals surface area contributed by atoms with Crippen LogP contribution in [0.4, 0.5) is 0 Å². The second-order valence-electron chi connectivity index (χ2n) is 8.56. The van der Waals surface area contributed by atoms with Gasteiger partial charge in [0.1, 0.15) is 5.76 Å². The first-order chi connectivity index (χ1) is 14.7. The number of benzene rings is 2. The van der Waals surface area contributed by atoms with Crippen LogP contribution < -0.4 is 0 Å². The van der Waals surface area contributed by atoms with Crippen molar-refractivity contribution in [2.45, 2.75) is 39.7 Å². The van der Waals surface area contributed by atoms with Crippen molar-refractivity contribution in [1.82, 2.24) is 9.80 Å². The lowest BCUT2D eigenvalue weighted by molar-refractivity contribution is -0.139. The molecule has 0 radical (unpaired) electrons. The van der Waals surface area contributed by atoms with Crippen molar-refractivity contribution in [3.05, 3.63) is 75.9 Å². The molecule has 1 aliphatic rings. The number of Topliss-reactive ketones (excluding diaryl/α,β-unsaturated/α-hetero) is 1. The molecule has 0 aliphatic carbocycles. The minimum atomic E-state index is -0.618. The Kier molecular flexibility index (Phi) is 6.96. The Balaban J connectivity index is 2.13. The molecule has 164 valence electrons. The van der Waals surface area contributed by atoms with Gasteiger partial charge in [0.05, 0.1) is 11.6 Å². The van der Waals surface area contributed by atoms with Crippen molar-refractivity contribution in [2.24, 2.45) is 0 Å². The molecular weight excluding hydrogens is 388 g/mol. The van der Waals surface area contributed by atoms with Gasteiger partial charge in [-0.15, -0.1) is 0 Å². The van der Waals surface area contributed by atoms with Gasteiger partial charge < -0.3 is 14.9 Å². The second-order valence-corrected chi connectivity index (χ2v) is 8.56. The highest BCUT2D eigenvalue weighted by Crippen LogP contribution is 2.40. The molecule has 0 aromatic heterocycles. The monoisotopic (exact) mass is 420 g/mol. The van der Waals surface area contributed by atoms with Crippen molar-refractivity contribution >= 4 is 17.4 Å². The Morgan fingerprint density at radius 1 is 1.06 bits per heavy atom. The number of rotatable bonds is 7. The largest absolute Gasteiger partial charge is 0.507 e. The van der Waals surface area contributed by atoms with E-state index >= 15 is 0 Å². The highest BCUT2D eigenvalue weighted by atomic mass is 16.3. The molecule has 3 rings (SSSR count). The van der Waals surface area contributed by atoms with E-state index in [9.17, 15) is 14.7 Å². The zero-order valence-electron chi connectivity index (χ0n) is 19.1. The molecule has 1 saturated heterocycles. The third-order valence-electron chi connectivity index (χ3n) is 5.90. The smallest absolute Gasteiger partial charge is 0.295 e. The summed E-state index contributed by atoms with van der Waals surface area (Å²) < 4.78 is 0. The number of aliphatic hydroxyl groups excluding tert-OH is 1. The molecule has 1 amide bonds. The lowest BCUT2D eigenvalue weighted by Crippen LogP contribution is -2.32. The zero-order chi connectivity index (χ0) is 22.7. The molecule has 1 atom stereocenters. The standard InChI is InChI=1S/C26H32N2O3/c1-6-19-10-12-20(13-11-19)23-22(24(29)21-16-17(2)8-9-18(21)3)25(30)26(31)28(23)15-7-14-27(4)5/h8-13,16,23,29H,6-7,14-15H2,1-5H3/b24-22+. The number of carbonyl (C=O) groups excluding carboxylic acids is 2. The van der Waals surface area contributed by atoms with Gasteiger partial charge in [-0.05, 0) is 70.1 Å². The van der Waals surface area contributed by atoms with Gasteiger partial charge in [-0.2, -0.15) is 0 Å². The normalized spacial score (nSPS) is 18.3. The second kappa shape index (κ2) is 9.48. The van der Waals surface area contributed by atoms with E-state index in [-0.39, 0.29) is 11.3 Å². The number of ketones is 1. The summed E-state index contributed by atoms with van der Waals surface area (Å²) in [7, 11) is 3.96. The first-order valence-electron chi connectivity index (χ1n) is 10.8. The van der Waals surface area contributed by atoms with E-state index in [2.05, 4.69) is 11.8 Å². The van der Waals surface area contributed by atoms with Crippen LogP contribution in [-0.2, 0) is 16.0 Å². The zero-order valence-corrected chi connectivity index (χ0v) is 19.1.